The minimum absolute atomic E-state index is 0.0414. The third kappa shape index (κ3) is 3.79. The number of carbonyl (C=O) groups excluding carboxylic acids is 1. The first-order valence-electron chi connectivity index (χ1n) is 7.21. The Morgan fingerprint density at radius 2 is 1.65 bits per heavy atom. The molecule has 1 rings (SSSR count). The zero-order chi connectivity index (χ0) is 15.4. The molecule has 0 aliphatic rings. The van der Waals surface area contributed by atoms with E-state index in [0.717, 1.165) is 0 Å². The Morgan fingerprint density at radius 1 is 1.10 bits per heavy atom. The van der Waals surface area contributed by atoms with E-state index in [1.807, 2.05) is 46.4 Å². The van der Waals surface area contributed by atoms with Gasteiger partial charge < -0.3 is 10.0 Å². The molecule has 0 radical (unpaired) electrons. The normalized spacial score (nSPS) is 13.1. The number of amides is 1. The molecule has 20 heavy (non-hydrogen) atoms. The second-order valence-electron chi connectivity index (χ2n) is 6.10. The highest BCUT2D eigenvalue weighted by Crippen LogP contribution is 2.22. The summed E-state index contributed by atoms with van der Waals surface area (Å²) in [6.07, 6.45) is 2.59. The topological polar surface area (TPSA) is 53.4 Å². The van der Waals surface area contributed by atoms with Crippen LogP contribution in [0.15, 0.2) is 18.5 Å². The van der Waals surface area contributed by atoms with Gasteiger partial charge in [-0.1, -0.05) is 13.8 Å². The van der Waals surface area contributed by atoms with Crippen LogP contribution in [0.3, 0.4) is 0 Å². The number of rotatable bonds is 5. The zero-order valence-corrected chi connectivity index (χ0v) is 13.3. The van der Waals surface area contributed by atoms with Crippen molar-refractivity contribution in [2.45, 2.75) is 59.7 Å². The van der Waals surface area contributed by atoms with Crippen molar-refractivity contribution in [1.82, 2.24) is 9.88 Å². The van der Waals surface area contributed by atoms with Crippen LogP contribution in [-0.2, 0) is 0 Å². The van der Waals surface area contributed by atoms with Crippen LogP contribution in [0.5, 0.6) is 0 Å². The number of carbonyl (C=O) groups is 1. The van der Waals surface area contributed by atoms with Crippen molar-refractivity contribution >= 4 is 5.91 Å². The van der Waals surface area contributed by atoms with E-state index in [9.17, 15) is 9.90 Å². The Hall–Kier alpha value is -1.42. The third-order valence-electron chi connectivity index (χ3n) is 3.33. The maximum atomic E-state index is 12.6. The van der Waals surface area contributed by atoms with Crippen molar-refractivity contribution in [3.8, 4) is 0 Å². The van der Waals surface area contributed by atoms with Gasteiger partial charge >= 0.3 is 0 Å². The molecule has 1 heterocycles. The first-order chi connectivity index (χ1) is 9.25. The largest absolute Gasteiger partial charge is 0.388 e. The number of aliphatic hydroxyl groups excluding tert-OH is 1. The highest BCUT2D eigenvalue weighted by atomic mass is 16.3. The second kappa shape index (κ2) is 6.84. The van der Waals surface area contributed by atoms with E-state index in [0.29, 0.717) is 11.1 Å². The molecule has 112 valence electrons. The first kappa shape index (κ1) is 16.6. The van der Waals surface area contributed by atoms with Crippen LogP contribution in [0.1, 0.15) is 63.6 Å². The molecule has 0 aliphatic heterocycles. The molecule has 1 aromatic rings. The van der Waals surface area contributed by atoms with Crippen molar-refractivity contribution in [2.75, 3.05) is 0 Å². The number of hydrogen-bond acceptors (Lipinski definition) is 3. The maximum absolute atomic E-state index is 12.6. The molecule has 4 nitrogen and oxygen atoms in total. The lowest BCUT2D eigenvalue weighted by atomic mass is 9.99. The predicted molar refractivity (Wildman–Crippen MR) is 80.5 cm³/mol. The molecule has 0 bridgehead atoms. The lowest BCUT2D eigenvalue weighted by Crippen LogP contribution is -2.42. The standard InChI is InChI=1S/C16H26N2O2/c1-10(2)15(19)13-7-14(9-17-8-13)16(20)18(11(3)4)12(5)6/h7-12,15,19H,1-6H3. The van der Waals surface area contributed by atoms with Gasteiger partial charge in [0.15, 0.2) is 0 Å². The van der Waals surface area contributed by atoms with Gasteiger partial charge in [-0.2, -0.15) is 0 Å². The maximum Gasteiger partial charge on any atom is 0.255 e. The van der Waals surface area contributed by atoms with Crippen LogP contribution in [0.2, 0.25) is 0 Å². The van der Waals surface area contributed by atoms with E-state index in [1.54, 1.807) is 18.5 Å². The molecular weight excluding hydrogens is 252 g/mol. The van der Waals surface area contributed by atoms with Gasteiger partial charge in [-0.3, -0.25) is 9.78 Å². The number of pyridine rings is 1. The van der Waals surface area contributed by atoms with Crippen molar-refractivity contribution < 1.29 is 9.90 Å². The fourth-order valence-electron chi connectivity index (χ4n) is 2.34. The summed E-state index contributed by atoms with van der Waals surface area (Å²) in [6.45, 7) is 11.9. The Kier molecular flexibility index (Phi) is 5.69. The van der Waals surface area contributed by atoms with Crippen LogP contribution in [-0.4, -0.2) is 33.0 Å². The lowest BCUT2D eigenvalue weighted by molar-refractivity contribution is 0.0642. The molecule has 0 aliphatic carbocycles. The Morgan fingerprint density at radius 3 is 2.10 bits per heavy atom. The second-order valence-corrected chi connectivity index (χ2v) is 6.10. The van der Waals surface area contributed by atoms with Crippen molar-refractivity contribution in [2.24, 2.45) is 5.92 Å². The summed E-state index contributed by atoms with van der Waals surface area (Å²) >= 11 is 0. The van der Waals surface area contributed by atoms with Gasteiger partial charge in [-0.05, 0) is 45.2 Å². The number of nitrogens with zero attached hydrogens (tertiary/aromatic N) is 2. The molecule has 1 N–H and O–H groups in total. The molecule has 1 atom stereocenters. The van der Waals surface area contributed by atoms with Gasteiger partial charge in [0.2, 0.25) is 0 Å². The summed E-state index contributed by atoms with van der Waals surface area (Å²) in [5.41, 5.74) is 1.22. The minimum Gasteiger partial charge on any atom is -0.388 e. The van der Waals surface area contributed by atoms with E-state index in [-0.39, 0.29) is 23.9 Å². The number of aromatic nitrogens is 1. The molecule has 0 saturated heterocycles. The average molecular weight is 278 g/mol. The minimum atomic E-state index is -0.596. The average Bonchev–Trinajstić information content (AvgIpc) is 2.36. The molecule has 0 aromatic carbocycles. The molecule has 1 amide bonds. The molecule has 0 fully saturated rings. The Balaban J connectivity index is 3.08. The lowest BCUT2D eigenvalue weighted by Gasteiger charge is -2.31. The summed E-state index contributed by atoms with van der Waals surface area (Å²) in [5.74, 6) is 0.0498. The van der Waals surface area contributed by atoms with Gasteiger partial charge in [-0.25, -0.2) is 0 Å². The van der Waals surface area contributed by atoms with E-state index < -0.39 is 6.10 Å². The Bertz CT molecular complexity index is 448. The summed E-state index contributed by atoms with van der Waals surface area (Å²) in [6, 6.07) is 2.00. The van der Waals surface area contributed by atoms with Crippen LogP contribution in [0.4, 0.5) is 0 Å². The van der Waals surface area contributed by atoms with Gasteiger partial charge in [0.25, 0.3) is 5.91 Å². The van der Waals surface area contributed by atoms with E-state index in [2.05, 4.69) is 4.98 Å². The highest BCUT2D eigenvalue weighted by Gasteiger charge is 2.23. The van der Waals surface area contributed by atoms with Gasteiger partial charge in [0.05, 0.1) is 11.7 Å². The molecule has 0 saturated carbocycles. The number of aliphatic hydroxyl groups is 1. The molecule has 1 unspecified atom stereocenters. The molecular formula is C16H26N2O2. The third-order valence-corrected chi connectivity index (χ3v) is 3.33. The summed E-state index contributed by atoms with van der Waals surface area (Å²) in [5, 5.41) is 10.1. The van der Waals surface area contributed by atoms with Crippen LogP contribution < -0.4 is 0 Å². The van der Waals surface area contributed by atoms with Crippen molar-refractivity contribution in [3.63, 3.8) is 0 Å². The quantitative estimate of drug-likeness (QED) is 0.900. The van der Waals surface area contributed by atoms with Gasteiger partial charge in [0, 0.05) is 24.5 Å². The van der Waals surface area contributed by atoms with E-state index >= 15 is 0 Å². The fourth-order valence-corrected chi connectivity index (χ4v) is 2.34. The van der Waals surface area contributed by atoms with E-state index in [1.165, 1.54) is 0 Å². The summed E-state index contributed by atoms with van der Waals surface area (Å²) in [7, 11) is 0. The van der Waals surface area contributed by atoms with Crippen LogP contribution in [0.25, 0.3) is 0 Å². The summed E-state index contributed by atoms with van der Waals surface area (Å²) < 4.78 is 0. The SMILES string of the molecule is CC(C)C(O)c1cncc(C(=O)N(C(C)C)C(C)C)c1. The molecule has 1 aromatic heterocycles. The van der Waals surface area contributed by atoms with Crippen molar-refractivity contribution in [3.05, 3.63) is 29.6 Å². The molecule has 4 heteroatoms. The first-order valence-corrected chi connectivity index (χ1v) is 7.21. The highest BCUT2D eigenvalue weighted by molar-refractivity contribution is 5.94. The zero-order valence-electron chi connectivity index (χ0n) is 13.3. The fraction of sp³-hybridized carbons (Fsp3) is 0.625. The van der Waals surface area contributed by atoms with Crippen LogP contribution >= 0.6 is 0 Å². The van der Waals surface area contributed by atoms with Crippen LogP contribution in [0, 0.1) is 5.92 Å². The monoisotopic (exact) mass is 278 g/mol. The van der Waals surface area contributed by atoms with E-state index in [4.69, 9.17) is 0 Å². The summed E-state index contributed by atoms with van der Waals surface area (Å²) in [4.78, 5) is 18.5. The Labute approximate surface area is 121 Å². The van der Waals surface area contributed by atoms with Crippen molar-refractivity contribution in [1.29, 1.82) is 0 Å². The van der Waals surface area contributed by atoms with Gasteiger partial charge in [0.1, 0.15) is 0 Å². The smallest absolute Gasteiger partial charge is 0.255 e. The molecule has 0 spiro atoms. The van der Waals surface area contributed by atoms with Gasteiger partial charge in [-0.15, -0.1) is 0 Å². The predicted octanol–water partition coefficient (Wildman–Crippen LogP) is 3.03. The number of hydrogen-bond donors (Lipinski definition) is 1.